The number of unbranched alkanes of at least 4 members (excludes halogenated alkanes) is 1. The second kappa shape index (κ2) is 10.8. The SMILES string of the molecule is CCCCc1nc2c(N)ncnc2n1[C@@H]1O[C@H](COP(=O)(O)OP(=O)(O)OP(=O)(O)O)[C@@H](O)[C@H]1S. The minimum Gasteiger partial charge on any atom is -0.389 e. The minimum atomic E-state index is -5.68. The van der Waals surface area contributed by atoms with Gasteiger partial charge in [0.25, 0.3) is 0 Å². The molecule has 0 aromatic carbocycles. The van der Waals surface area contributed by atoms with E-state index in [4.69, 9.17) is 20.3 Å². The molecule has 2 aromatic rings. The Bertz CT molecular complexity index is 1210. The van der Waals surface area contributed by atoms with Crippen molar-refractivity contribution in [1.82, 2.24) is 19.5 Å². The van der Waals surface area contributed by atoms with E-state index in [-0.39, 0.29) is 5.82 Å². The molecule has 17 nitrogen and oxygen atoms in total. The predicted octanol–water partition coefficient (Wildman–Crippen LogP) is 0.651. The molecule has 2 unspecified atom stereocenters. The number of phosphoric acid groups is 3. The molecule has 0 bridgehead atoms. The van der Waals surface area contributed by atoms with E-state index in [1.165, 1.54) is 6.33 Å². The normalized spacial score (nSPS) is 26.6. The second-order valence-electron chi connectivity index (χ2n) is 7.37. The van der Waals surface area contributed by atoms with Crippen molar-refractivity contribution >= 4 is 53.1 Å². The van der Waals surface area contributed by atoms with Crippen molar-refractivity contribution in [2.24, 2.45) is 0 Å². The van der Waals surface area contributed by atoms with E-state index < -0.39 is 53.8 Å². The van der Waals surface area contributed by atoms with Gasteiger partial charge in [0.2, 0.25) is 0 Å². The molecule has 21 heteroatoms. The summed E-state index contributed by atoms with van der Waals surface area (Å²) in [6.45, 7) is 1.14. The van der Waals surface area contributed by atoms with Crippen LogP contribution >= 0.6 is 36.1 Å². The molecule has 0 aliphatic carbocycles. The molecule has 35 heavy (non-hydrogen) atoms. The number of aromatic nitrogens is 4. The first-order chi connectivity index (χ1) is 16.1. The molecule has 1 aliphatic heterocycles. The van der Waals surface area contributed by atoms with Crippen LogP contribution in [0.1, 0.15) is 31.8 Å². The Morgan fingerprint density at radius 3 is 2.49 bits per heavy atom. The van der Waals surface area contributed by atoms with E-state index in [0.29, 0.717) is 23.4 Å². The molecule has 3 rings (SSSR count). The van der Waals surface area contributed by atoms with Gasteiger partial charge in [-0.1, -0.05) is 13.3 Å². The van der Waals surface area contributed by atoms with Crippen molar-refractivity contribution < 1.29 is 56.3 Å². The van der Waals surface area contributed by atoms with Gasteiger partial charge in [-0.15, -0.1) is 0 Å². The highest BCUT2D eigenvalue weighted by molar-refractivity contribution is 7.81. The number of nitrogens with zero attached hydrogens (tertiary/aromatic N) is 4. The summed E-state index contributed by atoms with van der Waals surface area (Å²) in [4.78, 5) is 48.7. The number of nitrogen functional groups attached to an aromatic ring is 1. The van der Waals surface area contributed by atoms with Gasteiger partial charge in [0.1, 0.15) is 18.3 Å². The van der Waals surface area contributed by atoms with Crippen molar-refractivity contribution in [3.63, 3.8) is 0 Å². The van der Waals surface area contributed by atoms with Crippen LogP contribution in [-0.2, 0) is 38.0 Å². The van der Waals surface area contributed by atoms with E-state index in [1.807, 2.05) is 6.92 Å². The number of imidazole rings is 1. The molecule has 198 valence electrons. The van der Waals surface area contributed by atoms with E-state index in [1.54, 1.807) is 4.57 Å². The number of rotatable bonds is 11. The summed E-state index contributed by atoms with van der Waals surface area (Å²) in [5.74, 6) is 0.656. The number of fused-ring (bicyclic) bond motifs is 1. The minimum absolute atomic E-state index is 0.130. The average molecular weight is 579 g/mol. The van der Waals surface area contributed by atoms with Gasteiger partial charge in [-0.05, 0) is 6.42 Å². The van der Waals surface area contributed by atoms with Gasteiger partial charge in [-0.25, -0.2) is 28.6 Å². The number of aryl methyl sites for hydroxylation is 1. The number of phosphoric ester groups is 1. The maximum Gasteiger partial charge on any atom is 0.490 e. The first kappa shape index (κ1) is 28.6. The van der Waals surface area contributed by atoms with Gasteiger partial charge in [0, 0.05) is 6.42 Å². The molecule has 0 amide bonds. The molecular weight excluding hydrogens is 555 g/mol. The number of hydrogen-bond donors (Lipinski definition) is 7. The first-order valence-electron chi connectivity index (χ1n) is 9.91. The van der Waals surface area contributed by atoms with Crippen LogP contribution in [0.5, 0.6) is 0 Å². The zero-order valence-corrected chi connectivity index (χ0v) is 21.5. The Kier molecular flexibility index (Phi) is 8.82. The summed E-state index contributed by atoms with van der Waals surface area (Å²) in [6, 6.07) is 0. The molecule has 7 N–H and O–H groups in total. The number of anilines is 1. The maximum absolute atomic E-state index is 12.0. The lowest BCUT2D eigenvalue weighted by atomic mass is 10.2. The van der Waals surface area contributed by atoms with Gasteiger partial charge in [-0.3, -0.25) is 9.09 Å². The maximum atomic E-state index is 12.0. The number of nitrogens with two attached hydrogens (primary N) is 1. The Labute approximate surface area is 203 Å². The van der Waals surface area contributed by atoms with Crippen LogP contribution in [0.15, 0.2) is 6.33 Å². The fraction of sp³-hybridized carbons (Fsp3) is 0.643. The number of aliphatic hydroxyl groups is 1. The molecule has 6 atom stereocenters. The number of aliphatic hydroxyl groups excluding tert-OH is 1. The molecule has 1 aliphatic rings. The lowest BCUT2D eigenvalue weighted by Crippen LogP contribution is -2.31. The van der Waals surface area contributed by atoms with E-state index >= 15 is 0 Å². The molecule has 0 saturated carbocycles. The zero-order valence-electron chi connectivity index (χ0n) is 18.0. The summed E-state index contributed by atoms with van der Waals surface area (Å²) >= 11 is 4.39. The molecule has 2 aromatic heterocycles. The van der Waals surface area contributed by atoms with Crippen LogP contribution in [0.4, 0.5) is 5.82 Å². The van der Waals surface area contributed by atoms with E-state index in [0.717, 1.165) is 12.8 Å². The number of hydrogen-bond acceptors (Lipinski definition) is 13. The first-order valence-corrected chi connectivity index (χ1v) is 14.9. The molecular formula is C14H24N5O12P3S. The Morgan fingerprint density at radius 2 is 1.86 bits per heavy atom. The van der Waals surface area contributed by atoms with Crippen LogP contribution in [0.25, 0.3) is 11.2 Å². The topological polar surface area (TPSA) is 259 Å². The van der Waals surface area contributed by atoms with Crippen molar-refractivity contribution in [2.75, 3.05) is 12.3 Å². The monoisotopic (exact) mass is 579 g/mol. The summed E-state index contributed by atoms with van der Waals surface area (Å²) in [6.07, 6.45) is -0.284. The fourth-order valence-corrected chi connectivity index (χ4v) is 6.73. The van der Waals surface area contributed by atoms with Gasteiger partial charge >= 0.3 is 23.5 Å². The van der Waals surface area contributed by atoms with Crippen LogP contribution in [0.2, 0.25) is 0 Å². The van der Waals surface area contributed by atoms with E-state index in [9.17, 15) is 28.6 Å². The lowest BCUT2D eigenvalue weighted by molar-refractivity contribution is -0.0429. The fourth-order valence-electron chi connectivity index (χ4n) is 3.30. The predicted molar refractivity (Wildman–Crippen MR) is 121 cm³/mol. The Morgan fingerprint density at radius 1 is 1.17 bits per heavy atom. The van der Waals surface area contributed by atoms with Gasteiger partial charge < -0.3 is 35.2 Å². The van der Waals surface area contributed by atoms with Crippen LogP contribution in [0, 0.1) is 0 Å². The summed E-state index contributed by atoms with van der Waals surface area (Å²) in [7, 11) is -16.6. The quantitative estimate of drug-likeness (QED) is 0.142. The van der Waals surface area contributed by atoms with Crippen LogP contribution in [-0.4, -0.2) is 68.3 Å². The standard InChI is InChI=1S/C14H24N5O12P3S/c1-2-3-4-8-18-9-12(15)16-6-17-13(9)19(8)14-11(35)10(20)7(29-14)5-28-33(24,25)31-34(26,27)30-32(21,22)23/h6-7,10-11,14,20,35H,2-5H2,1H3,(H,24,25)(H,26,27)(H2,15,16,17)(H2,21,22,23)/t7-,10-,11-,14-/m1/s1. The third kappa shape index (κ3) is 7.08. The highest BCUT2D eigenvalue weighted by Gasteiger charge is 2.46. The van der Waals surface area contributed by atoms with Gasteiger partial charge in [0.15, 0.2) is 23.2 Å². The molecule has 3 heterocycles. The zero-order chi connectivity index (χ0) is 26.2. The third-order valence-corrected chi connectivity index (χ3v) is 9.11. The lowest BCUT2D eigenvalue weighted by Gasteiger charge is -2.20. The number of ether oxygens (including phenoxy) is 1. The molecule has 1 fully saturated rings. The highest BCUT2D eigenvalue weighted by Crippen LogP contribution is 2.66. The molecule has 0 radical (unpaired) electrons. The Hall–Kier alpha value is -0.970. The van der Waals surface area contributed by atoms with Crippen LogP contribution < -0.4 is 5.73 Å². The third-order valence-electron chi connectivity index (χ3n) is 4.74. The van der Waals surface area contributed by atoms with Gasteiger partial charge in [-0.2, -0.15) is 21.3 Å². The molecule has 1 saturated heterocycles. The average Bonchev–Trinajstić information content (AvgIpc) is 3.20. The van der Waals surface area contributed by atoms with Crippen molar-refractivity contribution in [2.45, 2.75) is 49.9 Å². The summed E-state index contributed by atoms with van der Waals surface area (Å²) < 4.78 is 53.5. The Balaban J connectivity index is 1.79. The van der Waals surface area contributed by atoms with Gasteiger partial charge in [0.05, 0.1) is 18.0 Å². The van der Waals surface area contributed by atoms with E-state index in [2.05, 4.69) is 40.7 Å². The summed E-state index contributed by atoms with van der Waals surface area (Å²) in [5.41, 5.74) is 6.54. The largest absolute Gasteiger partial charge is 0.490 e. The van der Waals surface area contributed by atoms with Crippen molar-refractivity contribution in [1.29, 1.82) is 0 Å². The molecule has 0 spiro atoms. The van der Waals surface area contributed by atoms with Crippen molar-refractivity contribution in [3.05, 3.63) is 12.2 Å². The van der Waals surface area contributed by atoms with Crippen molar-refractivity contribution in [3.8, 4) is 0 Å². The number of thiol groups is 1. The summed E-state index contributed by atoms with van der Waals surface area (Å²) in [5, 5.41) is 9.68. The highest BCUT2D eigenvalue weighted by atomic mass is 32.1. The van der Waals surface area contributed by atoms with Crippen LogP contribution in [0.3, 0.4) is 0 Å². The second-order valence-corrected chi connectivity index (χ2v) is 12.4. The smallest absolute Gasteiger partial charge is 0.389 e.